The van der Waals surface area contributed by atoms with Crippen molar-refractivity contribution in [1.29, 1.82) is 0 Å². The summed E-state index contributed by atoms with van der Waals surface area (Å²) in [5, 5.41) is 2.63. The highest BCUT2D eigenvalue weighted by Crippen LogP contribution is 1.96. The van der Waals surface area contributed by atoms with E-state index in [1.165, 1.54) is 26.4 Å². The predicted octanol–water partition coefficient (Wildman–Crippen LogP) is 1.92. The predicted molar refractivity (Wildman–Crippen MR) is 44.5 cm³/mol. The average Bonchev–Trinajstić information content (AvgIpc) is 2.04. The van der Waals surface area contributed by atoms with E-state index in [4.69, 9.17) is 0 Å². The topological polar surface area (TPSA) is 38.3 Å². The van der Waals surface area contributed by atoms with Gasteiger partial charge in [-0.1, -0.05) is 26.2 Å². The second-order valence-electron chi connectivity index (χ2n) is 2.48. The van der Waals surface area contributed by atoms with Gasteiger partial charge in [0.1, 0.15) is 0 Å². The zero-order valence-electron chi connectivity index (χ0n) is 7.35. The van der Waals surface area contributed by atoms with E-state index in [9.17, 15) is 4.79 Å². The minimum Gasteiger partial charge on any atom is -0.453 e. The van der Waals surface area contributed by atoms with Gasteiger partial charge in [-0.25, -0.2) is 4.79 Å². The maximum absolute atomic E-state index is 10.5. The number of carbonyl (C=O) groups excluding carboxylic acids is 1. The Hall–Kier alpha value is -0.730. The van der Waals surface area contributed by atoms with Gasteiger partial charge >= 0.3 is 6.09 Å². The fourth-order valence-electron chi connectivity index (χ4n) is 0.814. The zero-order valence-corrected chi connectivity index (χ0v) is 7.35. The fraction of sp³-hybridized carbons (Fsp3) is 0.875. The number of nitrogens with one attached hydrogen (secondary N) is 1. The summed E-state index contributed by atoms with van der Waals surface area (Å²) < 4.78 is 4.41. The summed E-state index contributed by atoms with van der Waals surface area (Å²) in [7, 11) is 1.38. The van der Waals surface area contributed by atoms with Crippen molar-refractivity contribution in [3.05, 3.63) is 0 Å². The van der Waals surface area contributed by atoms with Crippen molar-refractivity contribution < 1.29 is 9.53 Å². The minimum atomic E-state index is -0.332. The van der Waals surface area contributed by atoms with E-state index in [0.717, 1.165) is 13.0 Å². The Kier molecular flexibility index (Phi) is 6.89. The smallest absolute Gasteiger partial charge is 0.406 e. The minimum absolute atomic E-state index is 0.332. The SMILES string of the molecule is CCCCCCNC(=O)OC. The van der Waals surface area contributed by atoms with Gasteiger partial charge in [0.25, 0.3) is 0 Å². The van der Waals surface area contributed by atoms with Crippen molar-refractivity contribution in [2.45, 2.75) is 32.6 Å². The molecular formula is C8H17NO2. The number of rotatable bonds is 5. The number of alkyl carbamates (subject to hydrolysis) is 1. The lowest BCUT2D eigenvalue weighted by Gasteiger charge is -2.01. The van der Waals surface area contributed by atoms with Gasteiger partial charge in [-0.2, -0.15) is 0 Å². The number of hydrogen-bond donors (Lipinski definition) is 1. The summed E-state index contributed by atoms with van der Waals surface area (Å²) in [5.74, 6) is 0. The van der Waals surface area contributed by atoms with Crippen molar-refractivity contribution in [3.63, 3.8) is 0 Å². The molecule has 0 aliphatic rings. The van der Waals surface area contributed by atoms with Crippen LogP contribution >= 0.6 is 0 Å². The molecule has 0 aliphatic carbocycles. The highest BCUT2D eigenvalue weighted by atomic mass is 16.5. The van der Waals surface area contributed by atoms with Crippen LogP contribution in [0.5, 0.6) is 0 Å². The number of unbranched alkanes of at least 4 members (excludes halogenated alkanes) is 3. The molecule has 0 fully saturated rings. The van der Waals surface area contributed by atoms with Gasteiger partial charge in [0.05, 0.1) is 7.11 Å². The van der Waals surface area contributed by atoms with Crippen molar-refractivity contribution in [2.75, 3.05) is 13.7 Å². The zero-order chi connectivity index (χ0) is 8.53. The first kappa shape index (κ1) is 10.3. The Morgan fingerprint density at radius 2 is 2.09 bits per heavy atom. The number of ether oxygens (including phenoxy) is 1. The van der Waals surface area contributed by atoms with Crippen LogP contribution < -0.4 is 5.32 Å². The highest BCUT2D eigenvalue weighted by molar-refractivity contribution is 5.66. The van der Waals surface area contributed by atoms with Crippen LogP contribution in [0.2, 0.25) is 0 Å². The third-order valence-corrected chi connectivity index (χ3v) is 1.49. The second-order valence-corrected chi connectivity index (χ2v) is 2.48. The molecule has 0 aromatic carbocycles. The standard InChI is InChI=1S/C8H17NO2/c1-3-4-5-6-7-9-8(10)11-2/h3-7H2,1-2H3,(H,9,10). The quantitative estimate of drug-likeness (QED) is 0.622. The van der Waals surface area contributed by atoms with Gasteiger partial charge < -0.3 is 10.1 Å². The maximum atomic E-state index is 10.5. The van der Waals surface area contributed by atoms with Gasteiger partial charge in [0, 0.05) is 6.54 Å². The Morgan fingerprint density at radius 1 is 1.36 bits per heavy atom. The molecule has 0 bridgehead atoms. The highest BCUT2D eigenvalue weighted by Gasteiger charge is 1.94. The van der Waals surface area contributed by atoms with Crippen LogP contribution in [0.4, 0.5) is 4.79 Å². The van der Waals surface area contributed by atoms with E-state index in [1.54, 1.807) is 0 Å². The molecule has 11 heavy (non-hydrogen) atoms. The number of methoxy groups -OCH3 is 1. The van der Waals surface area contributed by atoms with E-state index in [-0.39, 0.29) is 6.09 Å². The first-order valence-electron chi connectivity index (χ1n) is 4.13. The van der Waals surface area contributed by atoms with Gasteiger partial charge in [-0.15, -0.1) is 0 Å². The third-order valence-electron chi connectivity index (χ3n) is 1.49. The number of hydrogen-bond acceptors (Lipinski definition) is 2. The van der Waals surface area contributed by atoms with Crippen LogP contribution in [0.15, 0.2) is 0 Å². The van der Waals surface area contributed by atoms with Gasteiger partial charge in [-0.05, 0) is 6.42 Å². The van der Waals surface area contributed by atoms with Crippen LogP contribution in [0, 0.1) is 0 Å². The lowest BCUT2D eigenvalue weighted by atomic mass is 10.2. The third kappa shape index (κ3) is 7.16. The monoisotopic (exact) mass is 159 g/mol. The van der Waals surface area contributed by atoms with E-state index < -0.39 is 0 Å². The van der Waals surface area contributed by atoms with Gasteiger partial charge in [0.2, 0.25) is 0 Å². The van der Waals surface area contributed by atoms with Crippen LogP contribution in [0.1, 0.15) is 32.6 Å². The summed E-state index contributed by atoms with van der Waals surface area (Å²) in [6.45, 7) is 2.89. The number of amides is 1. The maximum Gasteiger partial charge on any atom is 0.406 e. The van der Waals surface area contributed by atoms with Gasteiger partial charge in [-0.3, -0.25) is 0 Å². The summed E-state index contributed by atoms with van der Waals surface area (Å²) in [6, 6.07) is 0. The molecule has 0 saturated heterocycles. The average molecular weight is 159 g/mol. The molecule has 3 nitrogen and oxygen atoms in total. The Bertz CT molecular complexity index is 104. The van der Waals surface area contributed by atoms with E-state index in [0.29, 0.717) is 0 Å². The Labute approximate surface area is 68.1 Å². The van der Waals surface area contributed by atoms with E-state index in [1.807, 2.05) is 0 Å². The lowest BCUT2D eigenvalue weighted by molar-refractivity contribution is 0.171. The molecule has 0 spiro atoms. The van der Waals surface area contributed by atoms with Crippen molar-refractivity contribution in [1.82, 2.24) is 5.32 Å². The molecule has 0 unspecified atom stereocenters. The first-order chi connectivity index (χ1) is 5.31. The molecule has 1 N–H and O–H groups in total. The van der Waals surface area contributed by atoms with Crippen LogP contribution in [0.25, 0.3) is 0 Å². The summed E-state index contributed by atoms with van der Waals surface area (Å²) in [5.41, 5.74) is 0. The van der Waals surface area contributed by atoms with Gasteiger partial charge in [0.15, 0.2) is 0 Å². The summed E-state index contributed by atoms with van der Waals surface area (Å²) >= 11 is 0. The molecule has 1 amide bonds. The Morgan fingerprint density at radius 3 is 2.64 bits per heavy atom. The lowest BCUT2D eigenvalue weighted by Crippen LogP contribution is -2.23. The molecule has 0 atom stereocenters. The fourth-order valence-corrected chi connectivity index (χ4v) is 0.814. The molecular weight excluding hydrogens is 142 g/mol. The molecule has 0 aromatic heterocycles. The molecule has 0 heterocycles. The van der Waals surface area contributed by atoms with Crippen molar-refractivity contribution >= 4 is 6.09 Å². The molecule has 0 saturated carbocycles. The normalized spacial score (nSPS) is 9.27. The van der Waals surface area contributed by atoms with Crippen LogP contribution in [0.3, 0.4) is 0 Å². The van der Waals surface area contributed by atoms with Crippen molar-refractivity contribution in [2.24, 2.45) is 0 Å². The summed E-state index contributed by atoms with van der Waals surface area (Å²) in [4.78, 5) is 10.5. The van der Waals surface area contributed by atoms with Crippen molar-refractivity contribution in [3.8, 4) is 0 Å². The molecule has 0 radical (unpaired) electrons. The van der Waals surface area contributed by atoms with E-state index in [2.05, 4.69) is 17.0 Å². The molecule has 0 rings (SSSR count). The molecule has 3 heteroatoms. The largest absolute Gasteiger partial charge is 0.453 e. The molecule has 0 aromatic rings. The molecule has 66 valence electrons. The second kappa shape index (κ2) is 7.38. The number of carbonyl (C=O) groups is 1. The Balaban J connectivity index is 2.95. The van der Waals surface area contributed by atoms with E-state index >= 15 is 0 Å². The van der Waals surface area contributed by atoms with Crippen LogP contribution in [-0.4, -0.2) is 19.7 Å². The molecule has 0 aliphatic heterocycles. The summed E-state index contributed by atoms with van der Waals surface area (Å²) in [6.07, 6.45) is 4.35. The van der Waals surface area contributed by atoms with Crippen LogP contribution in [-0.2, 0) is 4.74 Å². The first-order valence-corrected chi connectivity index (χ1v) is 4.13.